The van der Waals surface area contributed by atoms with E-state index in [1.54, 1.807) is 7.11 Å². The minimum Gasteiger partial charge on any atom is -0.493 e. The molecular formula is C22H33N3O4. The summed E-state index contributed by atoms with van der Waals surface area (Å²) in [6, 6.07) is 8.35. The molecule has 1 aromatic carbocycles. The summed E-state index contributed by atoms with van der Waals surface area (Å²) in [5.41, 5.74) is 0.830. The Morgan fingerprint density at radius 3 is 2.59 bits per heavy atom. The number of morpholine rings is 1. The molecule has 2 aliphatic heterocycles. The molecule has 2 saturated heterocycles. The van der Waals surface area contributed by atoms with Crippen molar-refractivity contribution in [3.8, 4) is 17.6 Å². The molecule has 0 aromatic heterocycles. The highest BCUT2D eigenvalue weighted by Crippen LogP contribution is 2.35. The zero-order valence-electron chi connectivity index (χ0n) is 17.6. The third-order valence-electron chi connectivity index (χ3n) is 5.90. The van der Waals surface area contributed by atoms with Crippen LogP contribution in [0.2, 0.25) is 0 Å². The van der Waals surface area contributed by atoms with Crippen molar-refractivity contribution in [3.63, 3.8) is 0 Å². The van der Waals surface area contributed by atoms with E-state index >= 15 is 0 Å². The van der Waals surface area contributed by atoms with Crippen LogP contribution in [-0.4, -0.2) is 80.7 Å². The summed E-state index contributed by atoms with van der Waals surface area (Å²) in [5.74, 6) is 1.38. The number of nitrogens with zero attached hydrogens (tertiary/aromatic N) is 3. The average Bonchev–Trinajstić information content (AvgIpc) is 2.75. The van der Waals surface area contributed by atoms with Crippen molar-refractivity contribution >= 4 is 0 Å². The van der Waals surface area contributed by atoms with E-state index in [1.165, 1.54) is 0 Å². The Balaban J connectivity index is 1.59. The second-order valence-corrected chi connectivity index (χ2v) is 8.27. The number of rotatable bonds is 8. The minimum atomic E-state index is -0.572. The monoisotopic (exact) mass is 403 g/mol. The first-order chi connectivity index (χ1) is 14.0. The number of methoxy groups -OCH3 is 1. The van der Waals surface area contributed by atoms with Gasteiger partial charge in [0.05, 0.1) is 31.8 Å². The zero-order chi connectivity index (χ0) is 20.7. The number of aliphatic hydroxyl groups is 1. The van der Waals surface area contributed by atoms with Crippen molar-refractivity contribution in [1.82, 2.24) is 9.80 Å². The van der Waals surface area contributed by atoms with Gasteiger partial charge >= 0.3 is 0 Å². The van der Waals surface area contributed by atoms with E-state index in [0.717, 1.165) is 51.1 Å². The Bertz CT molecular complexity index is 692. The molecule has 2 aliphatic rings. The van der Waals surface area contributed by atoms with E-state index in [4.69, 9.17) is 14.2 Å². The lowest BCUT2D eigenvalue weighted by Gasteiger charge is -2.35. The maximum atomic E-state index is 10.4. The van der Waals surface area contributed by atoms with Crippen molar-refractivity contribution in [2.75, 3.05) is 59.7 Å². The number of hydrogen-bond donors (Lipinski definition) is 1. The van der Waals surface area contributed by atoms with Gasteiger partial charge in [-0.1, -0.05) is 12.1 Å². The molecule has 29 heavy (non-hydrogen) atoms. The molecule has 0 bridgehead atoms. The van der Waals surface area contributed by atoms with Gasteiger partial charge in [-0.05, 0) is 38.9 Å². The molecule has 1 aromatic rings. The molecule has 2 fully saturated rings. The molecule has 0 spiro atoms. The van der Waals surface area contributed by atoms with Crippen molar-refractivity contribution in [3.05, 3.63) is 23.8 Å². The Morgan fingerprint density at radius 1 is 1.21 bits per heavy atom. The fourth-order valence-corrected chi connectivity index (χ4v) is 3.88. The standard InChI is InChI=1S/C22H33N3O4/c1-22(17-23)6-8-24(9-7-22)14-18-4-3-5-20(27-2)21(18)29-16-19(26)15-25-10-12-28-13-11-25/h3-5,19,26H,6-16H2,1-2H3/t19-/m1/s1. The van der Waals surface area contributed by atoms with Crippen LogP contribution in [0.15, 0.2) is 18.2 Å². The quantitative estimate of drug-likeness (QED) is 0.710. The first-order valence-corrected chi connectivity index (χ1v) is 10.4. The third kappa shape index (κ3) is 6.06. The van der Waals surface area contributed by atoms with E-state index in [-0.39, 0.29) is 12.0 Å². The van der Waals surface area contributed by atoms with Crippen molar-refractivity contribution in [2.45, 2.75) is 32.4 Å². The molecule has 0 amide bonds. The molecule has 3 rings (SSSR count). The van der Waals surface area contributed by atoms with E-state index in [0.29, 0.717) is 31.3 Å². The van der Waals surface area contributed by atoms with E-state index in [9.17, 15) is 10.4 Å². The van der Waals surface area contributed by atoms with Gasteiger partial charge in [0.25, 0.3) is 0 Å². The smallest absolute Gasteiger partial charge is 0.165 e. The van der Waals surface area contributed by atoms with Crippen LogP contribution in [-0.2, 0) is 11.3 Å². The number of benzene rings is 1. The highest BCUT2D eigenvalue weighted by molar-refractivity contribution is 5.46. The summed E-state index contributed by atoms with van der Waals surface area (Å²) >= 11 is 0. The maximum Gasteiger partial charge on any atom is 0.165 e. The number of ether oxygens (including phenoxy) is 3. The molecule has 1 atom stereocenters. The number of β-amino-alcohol motifs (C(OH)–C–C–N with tert-alkyl or cyclic N) is 1. The second-order valence-electron chi connectivity index (χ2n) is 8.27. The lowest BCUT2D eigenvalue weighted by atomic mass is 9.82. The Hall–Kier alpha value is -1.85. The summed E-state index contributed by atoms with van der Waals surface area (Å²) < 4.78 is 16.9. The molecule has 7 nitrogen and oxygen atoms in total. The van der Waals surface area contributed by atoms with Gasteiger partial charge in [-0.2, -0.15) is 5.26 Å². The van der Waals surface area contributed by atoms with Crippen LogP contribution in [0.25, 0.3) is 0 Å². The minimum absolute atomic E-state index is 0.214. The predicted octanol–water partition coefficient (Wildman–Crippen LogP) is 1.89. The van der Waals surface area contributed by atoms with Crippen molar-refractivity contribution < 1.29 is 19.3 Å². The third-order valence-corrected chi connectivity index (χ3v) is 5.90. The predicted molar refractivity (Wildman–Crippen MR) is 110 cm³/mol. The lowest BCUT2D eigenvalue weighted by molar-refractivity contribution is 0.00428. The summed E-state index contributed by atoms with van der Waals surface area (Å²) in [5, 5.41) is 19.8. The highest BCUT2D eigenvalue weighted by Gasteiger charge is 2.30. The molecule has 7 heteroatoms. The summed E-state index contributed by atoms with van der Waals surface area (Å²) in [7, 11) is 1.63. The summed E-state index contributed by atoms with van der Waals surface area (Å²) in [6.07, 6.45) is 1.18. The molecule has 0 unspecified atom stereocenters. The summed E-state index contributed by atoms with van der Waals surface area (Å²) in [4.78, 5) is 4.55. The molecule has 2 heterocycles. The van der Waals surface area contributed by atoms with E-state index < -0.39 is 6.10 Å². The average molecular weight is 404 g/mol. The SMILES string of the molecule is COc1cccc(CN2CCC(C)(C#N)CC2)c1OC[C@H](O)CN1CCOCC1. The normalized spacial score (nSPS) is 21.3. The number of nitriles is 1. The molecule has 1 N–H and O–H groups in total. The number of para-hydroxylation sites is 1. The van der Waals surface area contributed by atoms with Crippen LogP contribution in [0.1, 0.15) is 25.3 Å². The first kappa shape index (κ1) is 21.8. The van der Waals surface area contributed by atoms with E-state index in [1.807, 2.05) is 25.1 Å². The Morgan fingerprint density at radius 2 is 1.93 bits per heavy atom. The topological polar surface area (TPSA) is 78.2 Å². The Labute approximate surface area is 173 Å². The molecule has 160 valence electrons. The van der Waals surface area contributed by atoms with Gasteiger partial charge in [0.15, 0.2) is 11.5 Å². The van der Waals surface area contributed by atoms with Gasteiger partial charge in [0.1, 0.15) is 12.7 Å². The molecule has 0 saturated carbocycles. The van der Waals surface area contributed by atoms with Crippen LogP contribution in [0.5, 0.6) is 11.5 Å². The fraction of sp³-hybridized carbons (Fsp3) is 0.682. The van der Waals surface area contributed by atoms with Gasteiger partial charge in [0, 0.05) is 31.7 Å². The number of likely N-dealkylation sites (tertiary alicyclic amines) is 1. The van der Waals surface area contributed by atoms with Crippen LogP contribution in [0.3, 0.4) is 0 Å². The van der Waals surface area contributed by atoms with Gasteiger partial charge in [-0.3, -0.25) is 9.80 Å². The van der Waals surface area contributed by atoms with Gasteiger partial charge < -0.3 is 19.3 Å². The maximum absolute atomic E-state index is 10.4. The lowest BCUT2D eigenvalue weighted by Crippen LogP contribution is -2.42. The number of hydrogen-bond acceptors (Lipinski definition) is 7. The highest BCUT2D eigenvalue weighted by atomic mass is 16.5. The van der Waals surface area contributed by atoms with E-state index in [2.05, 4.69) is 15.9 Å². The summed E-state index contributed by atoms with van der Waals surface area (Å²) in [6.45, 7) is 8.47. The van der Waals surface area contributed by atoms with Gasteiger partial charge in [-0.25, -0.2) is 0 Å². The van der Waals surface area contributed by atoms with Crippen LogP contribution in [0.4, 0.5) is 0 Å². The largest absolute Gasteiger partial charge is 0.493 e. The van der Waals surface area contributed by atoms with Crippen molar-refractivity contribution in [1.29, 1.82) is 5.26 Å². The van der Waals surface area contributed by atoms with Crippen LogP contribution >= 0.6 is 0 Å². The Kier molecular flexibility index (Phi) is 7.73. The van der Waals surface area contributed by atoms with Crippen LogP contribution in [0, 0.1) is 16.7 Å². The van der Waals surface area contributed by atoms with Crippen LogP contribution < -0.4 is 9.47 Å². The fourth-order valence-electron chi connectivity index (χ4n) is 3.88. The van der Waals surface area contributed by atoms with Crippen molar-refractivity contribution in [2.24, 2.45) is 5.41 Å². The molecule has 0 radical (unpaired) electrons. The number of piperidine rings is 1. The number of aliphatic hydroxyl groups excluding tert-OH is 1. The first-order valence-electron chi connectivity index (χ1n) is 10.4. The van der Waals surface area contributed by atoms with Gasteiger partial charge in [0.2, 0.25) is 0 Å². The second kappa shape index (κ2) is 10.3. The van der Waals surface area contributed by atoms with Gasteiger partial charge in [-0.15, -0.1) is 0 Å². The molecular weight excluding hydrogens is 370 g/mol. The molecule has 0 aliphatic carbocycles. The zero-order valence-corrected chi connectivity index (χ0v) is 17.6.